The lowest BCUT2D eigenvalue weighted by molar-refractivity contribution is 0.0495. The van der Waals surface area contributed by atoms with Crippen LogP contribution in [0.4, 0.5) is 14.5 Å². The Morgan fingerprint density at radius 1 is 0.891 bits per heavy atom. The standard InChI is InChI=1S/C33H43F2N5O4S2/c1-4-44-28-7-8-29(32(35)31(28)34)46(42,43)30-22-36-27-6-5-25(45(3)41)21-26(27)33(30)40-15-11-23(12-16-40)38-13-9-24(10-14-38)39-19-17-37(2)18-20-39/h5-8,21-24H,4,9-20H2,1-3H3. The molecule has 3 aromatic rings. The first-order valence-corrected chi connectivity index (χ1v) is 19.2. The number of rotatable bonds is 8. The number of pyridine rings is 1. The van der Waals surface area contributed by atoms with Crippen LogP contribution in [0.2, 0.25) is 0 Å². The highest BCUT2D eigenvalue weighted by Crippen LogP contribution is 2.40. The van der Waals surface area contributed by atoms with Gasteiger partial charge in [0.15, 0.2) is 16.5 Å². The fourth-order valence-corrected chi connectivity index (χ4v) is 9.24. The van der Waals surface area contributed by atoms with Gasteiger partial charge in [-0.3, -0.25) is 9.88 Å². The topological polar surface area (TPSA) is 92.3 Å². The molecule has 0 bridgehead atoms. The summed E-state index contributed by atoms with van der Waals surface area (Å²) in [6.07, 6.45) is 6.79. The van der Waals surface area contributed by atoms with E-state index in [4.69, 9.17) is 4.74 Å². The highest BCUT2D eigenvalue weighted by atomic mass is 32.2. The maximum atomic E-state index is 15.3. The molecule has 0 amide bonds. The molecule has 0 radical (unpaired) electrons. The van der Waals surface area contributed by atoms with Crippen molar-refractivity contribution in [1.82, 2.24) is 19.7 Å². The zero-order chi connectivity index (χ0) is 32.6. The molecule has 250 valence electrons. The van der Waals surface area contributed by atoms with Gasteiger partial charge in [0.25, 0.3) is 0 Å². The molecule has 3 aliphatic heterocycles. The molecule has 0 N–H and O–H groups in total. The predicted octanol–water partition coefficient (Wildman–Crippen LogP) is 4.16. The molecule has 13 heteroatoms. The number of fused-ring (bicyclic) bond motifs is 1. The Labute approximate surface area is 273 Å². The molecule has 46 heavy (non-hydrogen) atoms. The van der Waals surface area contributed by atoms with E-state index >= 15 is 4.39 Å². The second-order valence-corrected chi connectivity index (χ2v) is 15.8. The first-order valence-electron chi connectivity index (χ1n) is 16.1. The molecule has 3 saturated heterocycles. The quantitative estimate of drug-likeness (QED) is 0.327. The van der Waals surface area contributed by atoms with E-state index in [1.165, 1.54) is 6.20 Å². The van der Waals surface area contributed by atoms with E-state index in [2.05, 4.69) is 26.7 Å². The maximum absolute atomic E-state index is 15.3. The summed E-state index contributed by atoms with van der Waals surface area (Å²) in [5.74, 6) is -3.18. The van der Waals surface area contributed by atoms with E-state index in [-0.39, 0.29) is 17.3 Å². The lowest BCUT2D eigenvalue weighted by Gasteiger charge is -2.46. The van der Waals surface area contributed by atoms with Crippen LogP contribution in [0, 0.1) is 11.6 Å². The van der Waals surface area contributed by atoms with Crippen LogP contribution in [0.3, 0.4) is 0 Å². The average Bonchev–Trinajstić information content (AvgIpc) is 3.06. The first kappa shape index (κ1) is 33.4. The Balaban J connectivity index is 1.27. The van der Waals surface area contributed by atoms with Gasteiger partial charge < -0.3 is 24.0 Å². The molecule has 0 spiro atoms. The lowest BCUT2D eigenvalue weighted by Crippen LogP contribution is -2.54. The van der Waals surface area contributed by atoms with Crippen molar-refractivity contribution in [1.29, 1.82) is 0 Å². The van der Waals surface area contributed by atoms with Gasteiger partial charge in [-0.25, -0.2) is 12.8 Å². The van der Waals surface area contributed by atoms with E-state index in [1.54, 1.807) is 31.4 Å². The number of benzene rings is 2. The van der Waals surface area contributed by atoms with Crippen molar-refractivity contribution in [2.45, 2.75) is 59.4 Å². The third kappa shape index (κ3) is 6.59. The lowest BCUT2D eigenvalue weighted by atomic mass is 9.96. The smallest absolute Gasteiger partial charge is 0.213 e. The van der Waals surface area contributed by atoms with Crippen LogP contribution in [-0.4, -0.2) is 117 Å². The third-order valence-electron chi connectivity index (χ3n) is 9.85. The second kappa shape index (κ2) is 13.9. The Kier molecular flexibility index (Phi) is 10.1. The molecular weight excluding hydrogens is 633 g/mol. The largest absolute Gasteiger partial charge is 0.612 e. The van der Waals surface area contributed by atoms with Gasteiger partial charge >= 0.3 is 0 Å². The number of sulfone groups is 1. The van der Waals surface area contributed by atoms with Gasteiger partial charge in [-0.2, -0.15) is 4.39 Å². The normalized spacial score (nSPS) is 20.8. The molecule has 1 atom stereocenters. The molecule has 4 heterocycles. The summed E-state index contributed by atoms with van der Waals surface area (Å²) < 4.78 is 76.0. The van der Waals surface area contributed by atoms with Crippen LogP contribution in [0.1, 0.15) is 32.6 Å². The van der Waals surface area contributed by atoms with Crippen LogP contribution < -0.4 is 9.64 Å². The summed E-state index contributed by atoms with van der Waals surface area (Å²) in [5.41, 5.74) is 0.924. The Morgan fingerprint density at radius 2 is 1.52 bits per heavy atom. The highest BCUT2D eigenvalue weighted by Gasteiger charge is 2.35. The van der Waals surface area contributed by atoms with E-state index < -0.39 is 37.5 Å². The number of piperidine rings is 2. The van der Waals surface area contributed by atoms with Gasteiger partial charge in [0.2, 0.25) is 15.7 Å². The van der Waals surface area contributed by atoms with Crippen LogP contribution >= 0.6 is 0 Å². The summed E-state index contributed by atoms with van der Waals surface area (Å²) >= 11 is -1.32. The Hall–Kier alpha value is -2.55. The van der Waals surface area contributed by atoms with Gasteiger partial charge in [-0.1, -0.05) is 0 Å². The summed E-state index contributed by atoms with van der Waals surface area (Å²) in [5, 5.41) is 0.520. The number of halogens is 2. The number of hydrogen-bond acceptors (Lipinski definition) is 9. The first-order chi connectivity index (χ1) is 22.1. The van der Waals surface area contributed by atoms with Crippen LogP contribution in [-0.2, 0) is 21.0 Å². The predicted molar refractivity (Wildman–Crippen MR) is 176 cm³/mol. The molecule has 0 aliphatic carbocycles. The van der Waals surface area contributed by atoms with Crippen LogP contribution in [0.25, 0.3) is 10.9 Å². The summed E-state index contributed by atoms with van der Waals surface area (Å²) in [4.78, 5) is 13.6. The summed E-state index contributed by atoms with van der Waals surface area (Å²) in [6, 6.07) is 8.34. The van der Waals surface area contributed by atoms with Crippen molar-refractivity contribution in [3.05, 3.63) is 48.2 Å². The molecule has 0 saturated carbocycles. The van der Waals surface area contributed by atoms with E-state index in [0.29, 0.717) is 46.7 Å². The Morgan fingerprint density at radius 3 is 2.15 bits per heavy atom. The number of likely N-dealkylation sites (N-methyl/N-ethyl adjacent to an activating group) is 1. The molecule has 3 fully saturated rings. The fourth-order valence-electron chi connectivity index (χ4n) is 7.21. The monoisotopic (exact) mass is 675 g/mol. The number of likely N-dealkylation sites (tertiary alicyclic amines) is 1. The van der Waals surface area contributed by atoms with Crippen LogP contribution in [0.5, 0.6) is 5.75 Å². The van der Waals surface area contributed by atoms with Crippen molar-refractivity contribution in [2.24, 2.45) is 0 Å². The molecule has 1 aromatic heterocycles. The maximum Gasteiger partial charge on any atom is 0.213 e. The number of anilines is 1. The van der Waals surface area contributed by atoms with Gasteiger partial charge in [0.05, 0.1) is 17.8 Å². The number of nitrogens with zero attached hydrogens (tertiary/aromatic N) is 5. The van der Waals surface area contributed by atoms with Crippen molar-refractivity contribution < 1.29 is 26.5 Å². The van der Waals surface area contributed by atoms with Gasteiger partial charge in [-0.05, 0) is 88.2 Å². The molecular formula is C33H43F2N5O4S2. The minimum Gasteiger partial charge on any atom is -0.612 e. The minimum atomic E-state index is -4.55. The van der Waals surface area contributed by atoms with Gasteiger partial charge in [0.1, 0.15) is 16.0 Å². The van der Waals surface area contributed by atoms with Crippen molar-refractivity contribution in [3.8, 4) is 5.75 Å². The second-order valence-electron chi connectivity index (χ2n) is 12.6. The summed E-state index contributed by atoms with van der Waals surface area (Å²) in [6.45, 7) is 9.51. The minimum absolute atomic E-state index is 0.104. The molecule has 2 aromatic carbocycles. The van der Waals surface area contributed by atoms with Crippen molar-refractivity contribution >= 4 is 37.6 Å². The Bertz CT molecular complexity index is 1650. The van der Waals surface area contributed by atoms with E-state index in [0.717, 1.165) is 77.1 Å². The molecule has 3 aliphatic rings. The fraction of sp³-hybridized carbons (Fsp3) is 0.545. The van der Waals surface area contributed by atoms with E-state index in [9.17, 15) is 17.4 Å². The SMILES string of the molecule is CCOc1ccc(S(=O)(=O)c2cnc3ccc([S+](C)[O-])cc3c2N2CCC(N3CCC(N4CCN(C)CC4)CC3)CC2)c(F)c1F. The third-order valence-corrected chi connectivity index (χ3v) is 12.5. The highest BCUT2D eigenvalue weighted by molar-refractivity contribution is 7.91. The molecule has 9 nitrogen and oxygen atoms in total. The average molecular weight is 676 g/mol. The number of hydrogen-bond donors (Lipinski definition) is 0. The van der Waals surface area contributed by atoms with E-state index in [1.807, 2.05) is 4.90 Å². The molecule has 6 rings (SSSR count). The van der Waals surface area contributed by atoms with Crippen LogP contribution in [0.15, 0.2) is 51.2 Å². The molecule has 1 unspecified atom stereocenters. The van der Waals surface area contributed by atoms with Crippen molar-refractivity contribution in [2.75, 3.05) is 77.2 Å². The van der Waals surface area contributed by atoms with Gasteiger partial charge in [0, 0.05) is 69.0 Å². The van der Waals surface area contributed by atoms with Crippen molar-refractivity contribution in [3.63, 3.8) is 0 Å². The zero-order valence-electron chi connectivity index (χ0n) is 26.8. The zero-order valence-corrected chi connectivity index (χ0v) is 28.4. The number of ether oxygens (including phenoxy) is 1. The summed E-state index contributed by atoms with van der Waals surface area (Å²) in [7, 11) is -2.37. The number of aromatic nitrogens is 1. The number of piperazine rings is 1. The van der Waals surface area contributed by atoms with Gasteiger partial charge in [-0.15, -0.1) is 0 Å².